The van der Waals surface area contributed by atoms with Crippen LogP contribution in [0.3, 0.4) is 0 Å². The molecule has 0 unspecified atom stereocenters. The molecule has 5 nitrogen and oxygen atoms in total. The number of hydrogen-bond acceptors (Lipinski definition) is 4. The van der Waals surface area contributed by atoms with E-state index in [1.165, 1.54) is 0 Å². The Bertz CT molecular complexity index is 191. The van der Waals surface area contributed by atoms with Crippen LogP contribution in [0.2, 0.25) is 0 Å². The Balaban J connectivity index is 2.20. The van der Waals surface area contributed by atoms with Crippen LogP contribution in [-0.4, -0.2) is 61.8 Å². The summed E-state index contributed by atoms with van der Waals surface area (Å²) in [6.45, 7) is 7.44. The second-order valence-electron chi connectivity index (χ2n) is 3.67. The van der Waals surface area contributed by atoms with E-state index in [-0.39, 0.29) is 6.09 Å². The van der Waals surface area contributed by atoms with Gasteiger partial charge in [0.25, 0.3) is 0 Å². The van der Waals surface area contributed by atoms with Gasteiger partial charge in [0.1, 0.15) is 0 Å². The van der Waals surface area contributed by atoms with E-state index in [1.54, 1.807) is 4.90 Å². The van der Waals surface area contributed by atoms with Gasteiger partial charge in [-0.2, -0.15) is 0 Å². The van der Waals surface area contributed by atoms with Crippen molar-refractivity contribution in [3.8, 4) is 0 Å². The fourth-order valence-electron chi connectivity index (χ4n) is 1.68. The standard InChI is InChI=1S/C10H21N3O2/c1-2-15-10(14)13-8-6-12(7-9-13)5-3-4-11/h2-9,11H2,1H3. The van der Waals surface area contributed by atoms with E-state index in [9.17, 15) is 4.79 Å². The van der Waals surface area contributed by atoms with Gasteiger partial charge in [0, 0.05) is 26.2 Å². The van der Waals surface area contributed by atoms with Crippen LogP contribution in [0.5, 0.6) is 0 Å². The number of rotatable bonds is 4. The molecule has 0 radical (unpaired) electrons. The van der Waals surface area contributed by atoms with Crippen LogP contribution < -0.4 is 5.73 Å². The lowest BCUT2D eigenvalue weighted by molar-refractivity contribution is 0.0795. The van der Waals surface area contributed by atoms with E-state index < -0.39 is 0 Å². The van der Waals surface area contributed by atoms with Gasteiger partial charge in [-0.15, -0.1) is 0 Å². The van der Waals surface area contributed by atoms with Crippen molar-refractivity contribution in [3.63, 3.8) is 0 Å². The third kappa shape index (κ3) is 4.05. The van der Waals surface area contributed by atoms with Crippen LogP contribution in [0, 0.1) is 0 Å². The average molecular weight is 215 g/mol. The van der Waals surface area contributed by atoms with Crippen molar-refractivity contribution in [2.24, 2.45) is 5.73 Å². The zero-order valence-corrected chi connectivity index (χ0v) is 9.45. The summed E-state index contributed by atoms with van der Waals surface area (Å²) < 4.78 is 4.95. The fraction of sp³-hybridized carbons (Fsp3) is 0.900. The molecule has 0 atom stereocenters. The van der Waals surface area contributed by atoms with Crippen LogP contribution in [0.15, 0.2) is 0 Å². The Hall–Kier alpha value is -0.810. The number of amides is 1. The lowest BCUT2D eigenvalue weighted by Gasteiger charge is -2.33. The lowest BCUT2D eigenvalue weighted by atomic mass is 10.3. The maximum Gasteiger partial charge on any atom is 0.409 e. The number of hydrogen-bond donors (Lipinski definition) is 1. The van der Waals surface area contributed by atoms with E-state index in [2.05, 4.69) is 4.90 Å². The summed E-state index contributed by atoms with van der Waals surface area (Å²) in [5, 5.41) is 0. The molecule has 2 N–H and O–H groups in total. The summed E-state index contributed by atoms with van der Waals surface area (Å²) in [5.74, 6) is 0. The van der Waals surface area contributed by atoms with Crippen LogP contribution in [-0.2, 0) is 4.74 Å². The van der Waals surface area contributed by atoms with E-state index in [1.807, 2.05) is 6.92 Å². The summed E-state index contributed by atoms with van der Waals surface area (Å²) in [4.78, 5) is 15.5. The number of nitrogens with zero attached hydrogens (tertiary/aromatic N) is 2. The van der Waals surface area contributed by atoms with Gasteiger partial charge in [-0.3, -0.25) is 4.90 Å². The minimum absolute atomic E-state index is 0.184. The van der Waals surface area contributed by atoms with Crippen molar-refractivity contribution < 1.29 is 9.53 Å². The highest BCUT2D eigenvalue weighted by atomic mass is 16.6. The zero-order chi connectivity index (χ0) is 11.1. The summed E-state index contributed by atoms with van der Waals surface area (Å²) in [5.41, 5.74) is 5.45. The Labute approximate surface area is 91.2 Å². The second-order valence-corrected chi connectivity index (χ2v) is 3.67. The van der Waals surface area contributed by atoms with Crippen molar-refractivity contribution >= 4 is 6.09 Å². The minimum Gasteiger partial charge on any atom is -0.450 e. The summed E-state index contributed by atoms with van der Waals surface area (Å²) in [6, 6.07) is 0. The molecule has 0 spiro atoms. The summed E-state index contributed by atoms with van der Waals surface area (Å²) in [7, 11) is 0. The maximum atomic E-state index is 11.4. The molecule has 1 rings (SSSR count). The molecule has 1 fully saturated rings. The molecular weight excluding hydrogens is 194 g/mol. The monoisotopic (exact) mass is 215 g/mol. The highest BCUT2D eigenvalue weighted by molar-refractivity contribution is 5.67. The van der Waals surface area contributed by atoms with Crippen molar-refractivity contribution in [3.05, 3.63) is 0 Å². The first-order chi connectivity index (χ1) is 7.27. The molecule has 88 valence electrons. The Morgan fingerprint density at radius 1 is 1.33 bits per heavy atom. The number of nitrogens with two attached hydrogens (primary N) is 1. The molecule has 1 heterocycles. The van der Waals surface area contributed by atoms with Gasteiger partial charge in [0.15, 0.2) is 0 Å². The normalized spacial score (nSPS) is 17.9. The second kappa shape index (κ2) is 6.63. The molecule has 15 heavy (non-hydrogen) atoms. The third-order valence-electron chi connectivity index (χ3n) is 2.58. The molecular formula is C10H21N3O2. The third-order valence-corrected chi connectivity index (χ3v) is 2.58. The van der Waals surface area contributed by atoms with E-state index in [4.69, 9.17) is 10.5 Å². The van der Waals surface area contributed by atoms with Crippen LogP contribution in [0.1, 0.15) is 13.3 Å². The first kappa shape index (κ1) is 12.3. The topological polar surface area (TPSA) is 58.8 Å². The van der Waals surface area contributed by atoms with Crippen LogP contribution in [0.25, 0.3) is 0 Å². The van der Waals surface area contributed by atoms with Gasteiger partial charge in [-0.1, -0.05) is 0 Å². The molecule has 0 aromatic heterocycles. The molecule has 5 heteroatoms. The van der Waals surface area contributed by atoms with Gasteiger partial charge in [0.05, 0.1) is 6.61 Å². The zero-order valence-electron chi connectivity index (χ0n) is 9.45. The molecule has 0 aromatic carbocycles. The lowest BCUT2D eigenvalue weighted by Crippen LogP contribution is -2.49. The molecule has 1 saturated heterocycles. The van der Waals surface area contributed by atoms with Crippen molar-refractivity contribution in [2.45, 2.75) is 13.3 Å². The van der Waals surface area contributed by atoms with Crippen molar-refractivity contribution in [1.82, 2.24) is 9.80 Å². The van der Waals surface area contributed by atoms with Crippen LogP contribution >= 0.6 is 0 Å². The summed E-state index contributed by atoms with van der Waals surface area (Å²) >= 11 is 0. The Kier molecular flexibility index (Phi) is 5.42. The van der Waals surface area contributed by atoms with Gasteiger partial charge >= 0.3 is 6.09 Å². The molecule has 1 amide bonds. The molecule has 1 aliphatic rings. The highest BCUT2D eigenvalue weighted by Crippen LogP contribution is 2.03. The number of ether oxygens (including phenoxy) is 1. The largest absolute Gasteiger partial charge is 0.450 e. The smallest absolute Gasteiger partial charge is 0.409 e. The molecule has 0 bridgehead atoms. The number of piperazine rings is 1. The summed E-state index contributed by atoms with van der Waals surface area (Å²) in [6.07, 6.45) is 0.843. The Morgan fingerprint density at radius 3 is 2.53 bits per heavy atom. The first-order valence-corrected chi connectivity index (χ1v) is 5.62. The quantitative estimate of drug-likeness (QED) is 0.723. The Morgan fingerprint density at radius 2 is 2.00 bits per heavy atom. The molecule has 0 aromatic rings. The number of carbonyl (C=O) groups is 1. The van der Waals surface area contributed by atoms with Crippen LogP contribution in [0.4, 0.5) is 4.79 Å². The average Bonchev–Trinajstić information content (AvgIpc) is 2.27. The minimum atomic E-state index is -0.184. The highest BCUT2D eigenvalue weighted by Gasteiger charge is 2.20. The number of carbonyl (C=O) groups excluding carboxylic acids is 1. The predicted octanol–water partition coefficient (Wildman–Crippen LogP) is 0.109. The van der Waals surface area contributed by atoms with Gasteiger partial charge in [-0.05, 0) is 26.4 Å². The predicted molar refractivity (Wildman–Crippen MR) is 58.7 cm³/mol. The molecule has 0 aliphatic carbocycles. The maximum absolute atomic E-state index is 11.4. The first-order valence-electron chi connectivity index (χ1n) is 5.62. The van der Waals surface area contributed by atoms with E-state index >= 15 is 0 Å². The SMILES string of the molecule is CCOC(=O)N1CCN(CCCN)CC1. The fourth-order valence-corrected chi connectivity index (χ4v) is 1.68. The van der Waals surface area contributed by atoms with E-state index in [0.717, 1.165) is 45.7 Å². The van der Waals surface area contributed by atoms with Crippen molar-refractivity contribution in [2.75, 3.05) is 45.9 Å². The molecule has 1 aliphatic heterocycles. The van der Waals surface area contributed by atoms with Gasteiger partial charge in [-0.25, -0.2) is 4.79 Å². The molecule has 0 saturated carbocycles. The van der Waals surface area contributed by atoms with Gasteiger partial charge < -0.3 is 15.4 Å². The van der Waals surface area contributed by atoms with Gasteiger partial charge in [0.2, 0.25) is 0 Å². The van der Waals surface area contributed by atoms with E-state index in [0.29, 0.717) is 6.61 Å². The van der Waals surface area contributed by atoms with Crippen molar-refractivity contribution in [1.29, 1.82) is 0 Å².